The van der Waals surface area contributed by atoms with Gasteiger partial charge in [0.05, 0.1) is 16.2 Å². The average Bonchev–Trinajstić information content (AvgIpc) is 2.77. The van der Waals surface area contributed by atoms with Crippen molar-refractivity contribution in [1.82, 2.24) is 14.8 Å². The highest BCUT2D eigenvalue weighted by atomic mass is 32.2. The summed E-state index contributed by atoms with van der Waals surface area (Å²) in [5.41, 5.74) is 1.04. The maximum Gasteiger partial charge on any atom is 0.313 e. The van der Waals surface area contributed by atoms with Crippen LogP contribution in [-0.2, 0) is 11.8 Å². The van der Waals surface area contributed by atoms with Gasteiger partial charge in [-0.1, -0.05) is 23.9 Å². The zero-order valence-corrected chi connectivity index (χ0v) is 12.1. The van der Waals surface area contributed by atoms with Gasteiger partial charge < -0.3 is 9.67 Å². The van der Waals surface area contributed by atoms with Crippen molar-refractivity contribution in [3.05, 3.63) is 33.9 Å². The summed E-state index contributed by atoms with van der Waals surface area (Å²) in [7, 11) is 1.65. The van der Waals surface area contributed by atoms with E-state index in [-0.39, 0.29) is 11.4 Å². The van der Waals surface area contributed by atoms with E-state index in [2.05, 4.69) is 10.2 Å². The molecule has 0 spiro atoms. The maximum absolute atomic E-state index is 11.1. The predicted octanol–water partition coefficient (Wildman–Crippen LogP) is 1.88. The van der Waals surface area contributed by atoms with Gasteiger partial charge in [0.2, 0.25) is 0 Å². The Morgan fingerprint density at radius 3 is 2.81 bits per heavy atom. The molecule has 0 aliphatic rings. The number of carboxylic acid groups (broad SMARTS) is 1. The van der Waals surface area contributed by atoms with Gasteiger partial charge in [-0.05, 0) is 12.5 Å². The second-order valence-electron chi connectivity index (χ2n) is 4.27. The smallest absolute Gasteiger partial charge is 0.313 e. The quantitative estimate of drug-likeness (QED) is 0.510. The van der Waals surface area contributed by atoms with Crippen LogP contribution >= 0.6 is 11.8 Å². The highest BCUT2D eigenvalue weighted by Crippen LogP contribution is 2.32. The Kier molecular flexibility index (Phi) is 4.22. The number of thioether (sulfide) groups is 1. The molecule has 0 aliphatic heterocycles. The summed E-state index contributed by atoms with van der Waals surface area (Å²) in [5.74, 6) is -0.777. The molecule has 0 atom stereocenters. The Labute approximate surface area is 124 Å². The van der Waals surface area contributed by atoms with Crippen molar-refractivity contribution in [3.63, 3.8) is 0 Å². The summed E-state index contributed by atoms with van der Waals surface area (Å²) < 4.78 is 1.56. The number of nitrogens with zero attached hydrogens (tertiary/aromatic N) is 4. The molecule has 21 heavy (non-hydrogen) atoms. The van der Waals surface area contributed by atoms with Crippen LogP contribution in [0.1, 0.15) is 5.56 Å². The minimum absolute atomic E-state index is 0.0553. The van der Waals surface area contributed by atoms with Crippen molar-refractivity contribution in [1.29, 1.82) is 0 Å². The number of aryl methyl sites for hydroxylation is 1. The van der Waals surface area contributed by atoms with Crippen LogP contribution in [0.25, 0.3) is 11.4 Å². The van der Waals surface area contributed by atoms with Crippen molar-refractivity contribution >= 4 is 23.4 Å². The normalized spacial score (nSPS) is 10.6. The van der Waals surface area contributed by atoms with Crippen LogP contribution in [0.4, 0.5) is 5.69 Å². The Balaban J connectivity index is 2.49. The molecule has 0 fully saturated rings. The summed E-state index contributed by atoms with van der Waals surface area (Å²) in [6.07, 6.45) is 0. The molecule has 0 bridgehead atoms. The molecule has 0 unspecified atom stereocenters. The second kappa shape index (κ2) is 5.92. The molecule has 0 aliphatic carbocycles. The zero-order chi connectivity index (χ0) is 15.6. The van der Waals surface area contributed by atoms with E-state index in [0.29, 0.717) is 22.1 Å². The SMILES string of the molecule is Cc1cccc([N+](=O)[O-])c1-c1nnc(SCC(=O)O)n1C. The summed E-state index contributed by atoms with van der Waals surface area (Å²) in [4.78, 5) is 21.3. The van der Waals surface area contributed by atoms with Crippen LogP contribution in [0.2, 0.25) is 0 Å². The minimum Gasteiger partial charge on any atom is -0.481 e. The Morgan fingerprint density at radius 1 is 1.48 bits per heavy atom. The molecule has 8 nitrogen and oxygen atoms in total. The van der Waals surface area contributed by atoms with Crippen molar-refractivity contribution in [2.24, 2.45) is 7.05 Å². The van der Waals surface area contributed by atoms with Crippen LogP contribution in [0, 0.1) is 17.0 Å². The van der Waals surface area contributed by atoms with Gasteiger partial charge in [-0.25, -0.2) is 0 Å². The number of nitro groups is 1. The summed E-state index contributed by atoms with van der Waals surface area (Å²) in [5, 5.41) is 28.1. The van der Waals surface area contributed by atoms with Crippen molar-refractivity contribution < 1.29 is 14.8 Å². The predicted molar refractivity (Wildman–Crippen MR) is 76.2 cm³/mol. The Hall–Kier alpha value is -2.42. The number of benzene rings is 1. The first-order valence-corrected chi connectivity index (χ1v) is 6.88. The number of rotatable bonds is 5. The number of aliphatic carboxylic acids is 1. The van der Waals surface area contributed by atoms with E-state index in [1.54, 1.807) is 30.7 Å². The lowest BCUT2D eigenvalue weighted by atomic mass is 10.1. The molecular weight excluding hydrogens is 296 g/mol. The fraction of sp³-hybridized carbons (Fsp3) is 0.250. The number of carbonyl (C=O) groups is 1. The highest BCUT2D eigenvalue weighted by Gasteiger charge is 2.23. The third kappa shape index (κ3) is 3.02. The van der Waals surface area contributed by atoms with E-state index < -0.39 is 10.9 Å². The van der Waals surface area contributed by atoms with E-state index in [1.807, 2.05) is 0 Å². The minimum atomic E-state index is -0.966. The summed E-state index contributed by atoms with van der Waals surface area (Å²) in [6.45, 7) is 1.75. The van der Waals surface area contributed by atoms with Crippen molar-refractivity contribution in [3.8, 4) is 11.4 Å². The first kappa shape index (κ1) is 15.0. The standard InChI is InChI=1S/C12H12N4O4S/c1-7-4-3-5-8(16(19)20)10(7)11-13-14-12(15(11)2)21-6-9(17)18/h3-5H,6H2,1-2H3,(H,17,18). The first-order valence-electron chi connectivity index (χ1n) is 5.90. The monoisotopic (exact) mass is 308 g/mol. The van der Waals surface area contributed by atoms with Gasteiger partial charge in [-0.3, -0.25) is 14.9 Å². The summed E-state index contributed by atoms with van der Waals surface area (Å²) >= 11 is 1.01. The largest absolute Gasteiger partial charge is 0.481 e. The van der Waals surface area contributed by atoms with Crippen LogP contribution in [0.5, 0.6) is 0 Å². The van der Waals surface area contributed by atoms with Gasteiger partial charge in [0.25, 0.3) is 5.69 Å². The molecule has 1 N–H and O–H groups in total. The van der Waals surface area contributed by atoms with Crippen LogP contribution < -0.4 is 0 Å². The molecule has 0 radical (unpaired) electrons. The number of hydrogen-bond donors (Lipinski definition) is 1. The van der Waals surface area contributed by atoms with E-state index in [1.165, 1.54) is 6.07 Å². The molecule has 1 aromatic heterocycles. The van der Waals surface area contributed by atoms with Gasteiger partial charge in [-0.2, -0.15) is 0 Å². The molecule has 0 amide bonds. The highest BCUT2D eigenvalue weighted by molar-refractivity contribution is 7.99. The number of aromatic nitrogens is 3. The zero-order valence-electron chi connectivity index (χ0n) is 11.3. The number of nitro benzene ring substituents is 1. The second-order valence-corrected chi connectivity index (χ2v) is 5.22. The number of carboxylic acids is 1. The molecule has 2 rings (SSSR count). The van der Waals surface area contributed by atoms with E-state index >= 15 is 0 Å². The van der Waals surface area contributed by atoms with Crippen LogP contribution in [0.3, 0.4) is 0 Å². The molecule has 2 aromatic rings. The topological polar surface area (TPSA) is 111 Å². The third-order valence-corrected chi connectivity index (χ3v) is 3.84. The molecule has 110 valence electrons. The molecule has 1 aromatic carbocycles. The summed E-state index contributed by atoms with van der Waals surface area (Å²) in [6, 6.07) is 4.76. The fourth-order valence-corrected chi connectivity index (χ4v) is 2.51. The number of hydrogen-bond acceptors (Lipinski definition) is 6. The van der Waals surface area contributed by atoms with Gasteiger partial charge in [0.15, 0.2) is 11.0 Å². The van der Waals surface area contributed by atoms with E-state index in [4.69, 9.17) is 5.11 Å². The van der Waals surface area contributed by atoms with E-state index in [0.717, 1.165) is 11.8 Å². The van der Waals surface area contributed by atoms with Gasteiger partial charge in [0, 0.05) is 13.1 Å². The first-order chi connectivity index (χ1) is 9.91. The van der Waals surface area contributed by atoms with Gasteiger partial charge in [0.1, 0.15) is 0 Å². The molecule has 9 heteroatoms. The van der Waals surface area contributed by atoms with Crippen LogP contribution in [-0.4, -0.2) is 36.5 Å². The Bertz CT molecular complexity index is 713. The lowest BCUT2D eigenvalue weighted by Crippen LogP contribution is -2.02. The molecule has 0 saturated carbocycles. The average molecular weight is 308 g/mol. The van der Waals surface area contributed by atoms with Crippen molar-refractivity contribution in [2.45, 2.75) is 12.1 Å². The molecule has 0 saturated heterocycles. The van der Waals surface area contributed by atoms with E-state index in [9.17, 15) is 14.9 Å². The molecular formula is C12H12N4O4S. The lowest BCUT2D eigenvalue weighted by molar-refractivity contribution is -0.384. The van der Waals surface area contributed by atoms with Gasteiger partial charge >= 0.3 is 5.97 Å². The Morgan fingerprint density at radius 2 is 2.19 bits per heavy atom. The lowest BCUT2D eigenvalue weighted by Gasteiger charge is -2.06. The van der Waals surface area contributed by atoms with Crippen LogP contribution in [0.15, 0.2) is 23.4 Å². The third-order valence-electron chi connectivity index (χ3n) is 2.83. The van der Waals surface area contributed by atoms with Gasteiger partial charge in [-0.15, -0.1) is 10.2 Å². The molecule has 1 heterocycles. The fourth-order valence-electron chi connectivity index (χ4n) is 1.88. The maximum atomic E-state index is 11.1. The van der Waals surface area contributed by atoms with Crippen molar-refractivity contribution in [2.75, 3.05) is 5.75 Å².